The van der Waals surface area contributed by atoms with Crippen LogP contribution >= 0.6 is 0 Å². The number of nitrogens with zero attached hydrogens (tertiary/aromatic N) is 4. The van der Waals surface area contributed by atoms with Gasteiger partial charge in [-0.2, -0.15) is 0 Å². The number of esters is 1. The van der Waals surface area contributed by atoms with Crippen LogP contribution in [0, 0.1) is 5.92 Å². The summed E-state index contributed by atoms with van der Waals surface area (Å²) < 4.78 is 5.39. The molecule has 2 saturated heterocycles. The number of nitrogens with one attached hydrogen (secondary N) is 1. The number of hydrogen-bond acceptors (Lipinski definition) is 6. The van der Waals surface area contributed by atoms with E-state index < -0.39 is 0 Å². The smallest absolute Gasteiger partial charge is 0.323 e. The van der Waals surface area contributed by atoms with Crippen molar-refractivity contribution in [1.29, 1.82) is 0 Å². The van der Waals surface area contributed by atoms with Crippen LogP contribution in [0.2, 0.25) is 0 Å². The Bertz CT molecular complexity index is 691. The van der Waals surface area contributed by atoms with Gasteiger partial charge in [-0.3, -0.25) is 14.7 Å². The normalized spacial score (nSPS) is 21.4. The van der Waals surface area contributed by atoms with E-state index in [1.54, 1.807) is 12.4 Å². The molecule has 1 N–H and O–H groups in total. The highest BCUT2D eigenvalue weighted by Crippen LogP contribution is 2.17. The van der Waals surface area contributed by atoms with Crippen molar-refractivity contribution < 1.29 is 14.3 Å². The number of aromatic nitrogens is 1. The Hall–Kier alpha value is -2.35. The fourth-order valence-corrected chi connectivity index (χ4v) is 3.98. The van der Waals surface area contributed by atoms with Crippen LogP contribution in [0.4, 0.5) is 10.5 Å². The lowest BCUT2D eigenvalue weighted by atomic mass is 10.0. The number of piperidine rings is 1. The van der Waals surface area contributed by atoms with Crippen LogP contribution in [0.15, 0.2) is 24.5 Å². The molecule has 8 nitrogen and oxygen atoms in total. The van der Waals surface area contributed by atoms with Crippen LogP contribution < -0.4 is 10.2 Å². The largest absolute Gasteiger partial charge is 0.464 e. The molecule has 0 saturated carbocycles. The highest BCUT2D eigenvalue weighted by molar-refractivity contribution is 5.76. The molecule has 8 heteroatoms. The van der Waals surface area contributed by atoms with E-state index in [-0.39, 0.29) is 24.1 Å². The Morgan fingerprint density at radius 1 is 1.13 bits per heavy atom. The summed E-state index contributed by atoms with van der Waals surface area (Å²) in [5, 5.41) is 3.18. The van der Waals surface area contributed by atoms with Crippen molar-refractivity contribution >= 4 is 17.7 Å². The van der Waals surface area contributed by atoms with E-state index in [1.165, 1.54) is 0 Å². The van der Waals surface area contributed by atoms with E-state index in [2.05, 4.69) is 20.1 Å². The number of ether oxygens (including phenoxy) is 1. The first-order chi connectivity index (χ1) is 14.4. The van der Waals surface area contributed by atoms with Gasteiger partial charge in [-0.05, 0) is 44.4 Å². The van der Waals surface area contributed by atoms with Gasteiger partial charge in [-0.25, -0.2) is 4.79 Å². The third-order valence-corrected chi connectivity index (χ3v) is 5.82. The molecule has 2 amide bonds. The maximum absolute atomic E-state index is 12.8. The van der Waals surface area contributed by atoms with Crippen molar-refractivity contribution in [3.63, 3.8) is 0 Å². The highest BCUT2D eigenvalue weighted by Gasteiger charge is 2.30. The Morgan fingerprint density at radius 3 is 2.50 bits per heavy atom. The van der Waals surface area contributed by atoms with Gasteiger partial charge in [-0.15, -0.1) is 0 Å². The summed E-state index contributed by atoms with van der Waals surface area (Å²) in [6, 6.07) is 3.77. The first-order valence-corrected chi connectivity index (χ1v) is 11.0. The lowest BCUT2D eigenvalue weighted by Gasteiger charge is -2.39. The number of hydrogen-bond donors (Lipinski definition) is 1. The lowest BCUT2D eigenvalue weighted by Crippen LogP contribution is -2.57. The summed E-state index contributed by atoms with van der Waals surface area (Å²) in [6.45, 7) is 11.0. The Morgan fingerprint density at radius 2 is 1.83 bits per heavy atom. The molecule has 2 atom stereocenters. The van der Waals surface area contributed by atoms with Crippen molar-refractivity contribution in [2.75, 3.05) is 50.8 Å². The maximum atomic E-state index is 12.8. The van der Waals surface area contributed by atoms with Crippen LogP contribution in [0.5, 0.6) is 0 Å². The van der Waals surface area contributed by atoms with Gasteiger partial charge < -0.3 is 19.9 Å². The molecule has 2 aliphatic heterocycles. The lowest BCUT2D eigenvalue weighted by molar-refractivity contribution is -0.151. The minimum atomic E-state index is -0.285. The molecule has 166 valence electrons. The standard InChI is InChI=1S/C22H35N5O3/c1-17(2)16-30-21(28)18(3)27-10-4-5-19(15-27)24-22(29)26-13-11-25(12-14-26)20-6-8-23-9-7-20/h6-9,17-19H,4-5,10-16H2,1-3H3,(H,24,29). The molecule has 0 aromatic carbocycles. The molecule has 2 unspecified atom stereocenters. The van der Waals surface area contributed by atoms with Gasteiger partial charge in [0, 0.05) is 56.8 Å². The number of piperazine rings is 1. The van der Waals surface area contributed by atoms with Crippen LogP contribution in [0.1, 0.15) is 33.6 Å². The summed E-state index contributed by atoms with van der Waals surface area (Å²) in [7, 11) is 0. The van der Waals surface area contributed by atoms with Gasteiger partial charge >= 0.3 is 12.0 Å². The fraction of sp³-hybridized carbons (Fsp3) is 0.682. The summed E-state index contributed by atoms with van der Waals surface area (Å²) in [5.41, 5.74) is 1.14. The van der Waals surface area contributed by atoms with E-state index in [0.717, 1.165) is 38.2 Å². The number of likely N-dealkylation sites (tertiary alicyclic amines) is 1. The SMILES string of the molecule is CC(C)COC(=O)C(C)N1CCCC(NC(=O)N2CCN(c3ccncc3)CC2)C1. The van der Waals surface area contributed by atoms with Gasteiger partial charge in [0.05, 0.1) is 6.61 Å². The Balaban J connectivity index is 1.44. The molecular weight excluding hydrogens is 382 g/mol. The van der Waals surface area contributed by atoms with Gasteiger partial charge in [0.2, 0.25) is 0 Å². The summed E-state index contributed by atoms with van der Waals surface area (Å²) in [6.07, 6.45) is 5.49. The number of anilines is 1. The molecule has 0 spiro atoms. The van der Waals surface area contributed by atoms with Crippen LogP contribution in [0.25, 0.3) is 0 Å². The molecular formula is C22H35N5O3. The number of rotatable bonds is 6. The zero-order chi connectivity index (χ0) is 21.5. The van der Waals surface area contributed by atoms with Gasteiger partial charge in [-0.1, -0.05) is 13.8 Å². The van der Waals surface area contributed by atoms with Gasteiger partial charge in [0.15, 0.2) is 0 Å². The van der Waals surface area contributed by atoms with E-state index in [0.29, 0.717) is 32.2 Å². The third-order valence-electron chi connectivity index (χ3n) is 5.82. The summed E-state index contributed by atoms with van der Waals surface area (Å²) in [5.74, 6) is 0.150. The van der Waals surface area contributed by atoms with Crippen LogP contribution in [-0.2, 0) is 9.53 Å². The molecule has 0 aliphatic carbocycles. The van der Waals surface area contributed by atoms with Crippen molar-refractivity contribution in [3.05, 3.63) is 24.5 Å². The molecule has 3 heterocycles. The monoisotopic (exact) mass is 417 g/mol. The molecule has 2 fully saturated rings. The van der Waals surface area contributed by atoms with Crippen molar-refractivity contribution in [3.8, 4) is 0 Å². The topological polar surface area (TPSA) is 78.0 Å². The fourth-order valence-electron chi connectivity index (χ4n) is 3.98. The molecule has 0 bridgehead atoms. The maximum Gasteiger partial charge on any atom is 0.323 e. The minimum absolute atomic E-state index is 0.00809. The quantitative estimate of drug-likeness (QED) is 0.713. The predicted octanol–water partition coefficient (Wildman–Crippen LogP) is 1.97. The zero-order valence-electron chi connectivity index (χ0n) is 18.4. The summed E-state index contributed by atoms with van der Waals surface area (Å²) >= 11 is 0. The van der Waals surface area contributed by atoms with Crippen molar-refractivity contribution in [2.24, 2.45) is 5.92 Å². The van der Waals surface area contributed by atoms with E-state index in [1.807, 2.05) is 37.8 Å². The Kier molecular flexibility index (Phi) is 7.90. The number of carbonyl (C=O) groups excluding carboxylic acids is 2. The van der Waals surface area contributed by atoms with Gasteiger partial charge in [0.25, 0.3) is 0 Å². The summed E-state index contributed by atoms with van der Waals surface area (Å²) in [4.78, 5) is 35.4. The number of urea groups is 1. The average molecular weight is 418 g/mol. The molecule has 3 rings (SSSR count). The third kappa shape index (κ3) is 6.08. The highest BCUT2D eigenvalue weighted by atomic mass is 16.5. The second-order valence-corrected chi connectivity index (χ2v) is 8.66. The molecule has 1 aromatic heterocycles. The minimum Gasteiger partial charge on any atom is -0.464 e. The second-order valence-electron chi connectivity index (χ2n) is 8.66. The second kappa shape index (κ2) is 10.6. The molecule has 1 aromatic rings. The molecule has 0 radical (unpaired) electrons. The number of pyridine rings is 1. The number of amides is 2. The average Bonchev–Trinajstić information content (AvgIpc) is 2.77. The molecule has 30 heavy (non-hydrogen) atoms. The van der Waals surface area contributed by atoms with Crippen molar-refractivity contribution in [1.82, 2.24) is 20.1 Å². The van der Waals surface area contributed by atoms with Crippen molar-refractivity contribution in [2.45, 2.75) is 45.7 Å². The van der Waals surface area contributed by atoms with E-state index in [9.17, 15) is 9.59 Å². The van der Waals surface area contributed by atoms with Crippen LogP contribution in [0.3, 0.4) is 0 Å². The van der Waals surface area contributed by atoms with E-state index >= 15 is 0 Å². The number of carbonyl (C=O) groups is 2. The van der Waals surface area contributed by atoms with E-state index in [4.69, 9.17) is 4.74 Å². The Labute approximate surface area is 179 Å². The first kappa shape index (κ1) is 22.3. The first-order valence-electron chi connectivity index (χ1n) is 11.0. The predicted molar refractivity (Wildman–Crippen MR) is 116 cm³/mol. The molecule has 2 aliphatic rings. The zero-order valence-corrected chi connectivity index (χ0v) is 18.4. The van der Waals surface area contributed by atoms with Crippen LogP contribution in [-0.4, -0.2) is 84.7 Å². The van der Waals surface area contributed by atoms with Gasteiger partial charge in [0.1, 0.15) is 6.04 Å².